The lowest BCUT2D eigenvalue weighted by molar-refractivity contribution is -0.136. The summed E-state index contributed by atoms with van der Waals surface area (Å²) in [5, 5.41) is 3.83. The van der Waals surface area contributed by atoms with Gasteiger partial charge in [-0.15, -0.1) is 11.3 Å². The molecule has 1 saturated carbocycles. The zero-order valence-corrected chi connectivity index (χ0v) is 14.4. The van der Waals surface area contributed by atoms with Crippen LogP contribution < -0.4 is 0 Å². The lowest BCUT2D eigenvalue weighted by Crippen LogP contribution is -2.39. The molecule has 3 atom stereocenters. The number of halogens is 1. The predicted molar refractivity (Wildman–Crippen MR) is 92.7 cm³/mol. The molecule has 0 spiro atoms. The van der Waals surface area contributed by atoms with E-state index in [1.165, 1.54) is 12.0 Å². The fourth-order valence-corrected chi connectivity index (χ4v) is 4.62. The van der Waals surface area contributed by atoms with Gasteiger partial charge in [0.05, 0.1) is 6.04 Å². The Kier molecular flexibility index (Phi) is 4.12. The summed E-state index contributed by atoms with van der Waals surface area (Å²) < 4.78 is 0. The molecule has 3 nitrogen and oxygen atoms in total. The standard InChI is InChI=1S/C18H19ClN2OS/c19-13-5-3-4-12(10-13)14-11-15(14)18(22)21-8-2-1-6-16(21)17-20-7-9-23-17/h3-5,7,9-10,14-16H,1-2,6,8,11H2. The zero-order valence-electron chi connectivity index (χ0n) is 12.8. The fraction of sp³-hybridized carbons (Fsp3) is 0.444. The van der Waals surface area contributed by atoms with Crippen LogP contribution in [-0.2, 0) is 4.79 Å². The number of hydrogen-bond donors (Lipinski definition) is 0. The zero-order chi connectivity index (χ0) is 15.8. The summed E-state index contributed by atoms with van der Waals surface area (Å²) in [6, 6.07) is 8.10. The summed E-state index contributed by atoms with van der Waals surface area (Å²) in [7, 11) is 0. The summed E-state index contributed by atoms with van der Waals surface area (Å²) in [5.41, 5.74) is 1.19. The highest BCUT2D eigenvalue weighted by Gasteiger charge is 2.47. The molecular formula is C18H19ClN2OS. The first kappa shape index (κ1) is 15.2. The molecule has 2 heterocycles. The van der Waals surface area contributed by atoms with Gasteiger partial charge in [0, 0.05) is 29.1 Å². The molecular weight excluding hydrogens is 328 g/mol. The number of hydrogen-bond acceptors (Lipinski definition) is 3. The van der Waals surface area contributed by atoms with Gasteiger partial charge in [-0.1, -0.05) is 23.7 Å². The monoisotopic (exact) mass is 346 g/mol. The number of likely N-dealkylation sites (tertiary alicyclic amines) is 1. The van der Waals surface area contributed by atoms with Gasteiger partial charge in [0.1, 0.15) is 5.01 Å². The minimum absolute atomic E-state index is 0.119. The Balaban J connectivity index is 1.50. The maximum Gasteiger partial charge on any atom is 0.226 e. The number of carbonyl (C=O) groups excluding carboxylic acids is 1. The largest absolute Gasteiger partial charge is 0.333 e. The molecule has 1 amide bonds. The van der Waals surface area contributed by atoms with Crippen molar-refractivity contribution in [3.05, 3.63) is 51.4 Å². The van der Waals surface area contributed by atoms with Crippen molar-refractivity contribution in [2.24, 2.45) is 5.92 Å². The van der Waals surface area contributed by atoms with Crippen LogP contribution in [0.15, 0.2) is 35.8 Å². The van der Waals surface area contributed by atoms with E-state index in [1.54, 1.807) is 11.3 Å². The number of thiazole rings is 1. The third-order valence-electron chi connectivity index (χ3n) is 4.91. The van der Waals surface area contributed by atoms with Crippen molar-refractivity contribution >= 4 is 28.8 Å². The van der Waals surface area contributed by atoms with E-state index in [4.69, 9.17) is 11.6 Å². The van der Waals surface area contributed by atoms with Crippen LogP contribution in [0.5, 0.6) is 0 Å². The normalized spacial score (nSPS) is 27.0. The van der Waals surface area contributed by atoms with E-state index in [2.05, 4.69) is 16.0 Å². The average Bonchev–Trinajstić information content (AvgIpc) is 3.19. The third-order valence-corrected chi connectivity index (χ3v) is 6.02. The molecule has 1 aliphatic carbocycles. The minimum Gasteiger partial charge on any atom is -0.333 e. The highest BCUT2D eigenvalue weighted by molar-refractivity contribution is 7.09. The van der Waals surface area contributed by atoms with Crippen LogP contribution in [0.25, 0.3) is 0 Å². The third kappa shape index (κ3) is 3.02. The molecule has 3 unspecified atom stereocenters. The highest BCUT2D eigenvalue weighted by Crippen LogP contribution is 2.50. The first-order chi connectivity index (χ1) is 11.2. The fourth-order valence-electron chi connectivity index (χ4n) is 3.64. The summed E-state index contributed by atoms with van der Waals surface area (Å²) >= 11 is 7.74. The van der Waals surface area contributed by atoms with Gasteiger partial charge < -0.3 is 4.90 Å². The molecule has 23 heavy (non-hydrogen) atoms. The molecule has 4 rings (SSSR count). The molecule has 1 aromatic heterocycles. The van der Waals surface area contributed by atoms with E-state index in [0.29, 0.717) is 11.8 Å². The molecule has 5 heteroatoms. The van der Waals surface area contributed by atoms with Crippen LogP contribution >= 0.6 is 22.9 Å². The number of benzene rings is 1. The smallest absolute Gasteiger partial charge is 0.226 e. The Bertz CT molecular complexity index is 703. The predicted octanol–water partition coefficient (Wildman–Crippen LogP) is 4.65. The molecule has 120 valence electrons. The second-order valence-electron chi connectivity index (χ2n) is 6.42. The second kappa shape index (κ2) is 6.25. The summed E-state index contributed by atoms with van der Waals surface area (Å²) in [6.45, 7) is 0.863. The van der Waals surface area contributed by atoms with Crippen molar-refractivity contribution in [1.29, 1.82) is 0 Å². The quantitative estimate of drug-likeness (QED) is 0.810. The number of amides is 1. The van der Waals surface area contributed by atoms with Gasteiger partial charge in [-0.2, -0.15) is 0 Å². The van der Waals surface area contributed by atoms with Crippen LogP contribution in [0.1, 0.15) is 48.2 Å². The second-order valence-corrected chi connectivity index (χ2v) is 7.78. The first-order valence-electron chi connectivity index (χ1n) is 8.19. The summed E-state index contributed by atoms with van der Waals surface area (Å²) in [5.74, 6) is 0.754. The van der Waals surface area contributed by atoms with Crippen molar-refractivity contribution in [3.8, 4) is 0 Å². The van der Waals surface area contributed by atoms with E-state index < -0.39 is 0 Å². The Morgan fingerprint density at radius 1 is 1.35 bits per heavy atom. The minimum atomic E-state index is 0.119. The molecule has 0 N–H and O–H groups in total. The number of rotatable bonds is 3. The van der Waals surface area contributed by atoms with Crippen molar-refractivity contribution in [2.75, 3.05) is 6.54 Å². The Hall–Kier alpha value is -1.39. The van der Waals surface area contributed by atoms with Crippen molar-refractivity contribution in [1.82, 2.24) is 9.88 Å². The molecule has 2 fully saturated rings. The van der Waals surface area contributed by atoms with Gasteiger partial charge in [0.25, 0.3) is 0 Å². The van der Waals surface area contributed by atoms with Gasteiger partial charge in [-0.05, 0) is 49.3 Å². The van der Waals surface area contributed by atoms with Crippen molar-refractivity contribution < 1.29 is 4.79 Å². The van der Waals surface area contributed by atoms with Crippen molar-refractivity contribution in [3.63, 3.8) is 0 Å². The Morgan fingerprint density at radius 2 is 2.26 bits per heavy atom. The van der Waals surface area contributed by atoms with Crippen LogP contribution in [-0.4, -0.2) is 22.3 Å². The SMILES string of the molecule is O=C(C1CC1c1cccc(Cl)c1)N1CCCCC1c1nccs1. The molecule has 2 aromatic rings. The van der Waals surface area contributed by atoms with E-state index >= 15 is 0 Å². The van der Waals surface area contributed by atoms with Crippen molar-refractivity contribution in [2.45, 2.75) is 37.6 Å². The molecule has 2 aliphatic rings. The van der Waals surface area contributed by atoms with Crippen LogP contribution in [0.2, 0.25) is 5.02 Å². The molecule has 0 bridgehead atoms. The lowest BCUT2D eigenvalue weighted by atomic mass is 10.0. The number of piperidine rings is 1. The van der Waals surface area contributed by atoms with Crippen LogP contribution in [0, 0.1) is 5.92 Å². The van der Waals surface area contributed by atoms with E-state index in [-0.39, 0.29) is 12.0 Å². The van der Waals surface area contributed by atoms with Gasteiger partial charge in [0.2, 0.25) is 5.91 Å². The summed E-state index contributed by atoms with van der Waals surface area (Å²) in [4.78, 5) is 19.5. The highest BCUT2D eigenvalue weighted by atomic mass is 35.5. The van der Waals surface area contributed by atoms with Crippen LogP contribution in [0.3, 0.4) is 0 Å². The van der Waals surface area contributed by atoms with Gasteiger partial charge in [0.15, 0.2) is 0 Å². The van der Waals surface area contributed by atoms with Crippen LogP contribution in [0.4, 0.5) is 0 Å². The number of aromatic nitrogens is 1. The maximum absolute atomic E-state index is 13.0. The molecule has 1 aromatic carbocycles. The Labute approximate surface area is 145 Å². The maximum atomic E-state index is 13.0. The lowest BCUT2D eigenvalue weighted by Gasteiger charge is -2.34. The molecule has 1 aliphatic heterocycles. The topological polar surface area (TPSA) is 33.2 Å². The van der Waals surface area contributed by atoms with E-state index in [0.717, 1.165) is 35.8 Å². The van der Waals surface area contributed by atoms with Gasteiger partial charge in [-0.3, -0.25) is 4.79 Å². The van der Waals surface area contributed by atoms with Gasteiger partial charge >= 0.3 is 0 Å². The average molecular weight is 347 g/mol. The molecule has 0 radical (unpaired) electrons. The van der Waals surface area contributed by atoms with Gasteiger partial charge in [-0.25, -0.2) is 4.98 Å². The summed E-state index contributed by atoms with van der Waals surface area (Å²) in [6.07, 6.45) is 6.09. The number of carbonyl (C=O) groups is 1. The molecule has 1 saturated heterocycles. The Morgan fingerprint density at radius 3 is 3.04 bits per heavy atom. The number of nitrogens with zero attached hydrogens (tertiary/aromatic N) is 2. The van der Waals surface area contributed by atoms with E-state index in [9.17, 15) is 4.79 Å². The first-order valence-corrected chi connectivity index (χ1v) is 9.45. The van der Waals surface area contributed by atoms with E-state index in [1.807, 2.05) is 29.8 Å².